The van der Waals surface area contributed by atoms with Gasteiger partial charge in [-0.1, -0.05) is 12.1 Å². The molecule has 0 unspecified atom stereocenters. The molecule has 1 aliphatic rings. The number of carbonyl (C=O) groups is 1. The van der Waals surface area contributed by atoms with Crippen LogP contribution in [0.4, 0.5) is 0 Å². The molecular formula is C25H21N5O2. The summed E-state index contributed by atoms with van der Waals surface area (Å²) in [5, 5.41) is 4.47. The van der Waals surface area contributed by atoms with Crippen LogP contribution in [-0.2, 0) is 0 Å². The fourth-order valence-corrected chi connectivity index (χ4v) is 3.69. The number of ketones is 1. The van der Waals surface area contributed by atoms with Crippen molar-refractivity contribution in [3.63, 3.8) is 0 Å². The summed E-state index contributed by atoms with van der Waals surface area (Å²) in [7, 11) is 0. The molecule has 0 bridgehead atoms. The number of H-pyrrole nitrogens is 1. The number of nitrogens with zero attached hydrogens (tertiary/aromatic N) is 4. The van der Waals surface area contributed by atoms with Crippen LogP contribution in [0.25, 0.3) is 22.2 Å². The van der Waals surface area contributed by atoms with Crippen LogP contribution >= 0.6 is 0 Å². The molecule has 1 fully saturated rings. The number of fused-ring (bicyclic) bond motifs is 1. The van der Waals surface area contributed by atoms with Crippen molar-refractivity contribution in [1.82, 2.24) is 24.7 Å². The van der Waals surface area contributed by atoms with Crippen molar-refractivity contribution < 1.29 is 11.0 Å². The lowest BCUT2D eigenvalue weighted by atomic mass is 10.1. The normalized spacial score (nSPS) is 13.4. The maximum atomic E-state index is 12.8. The molecule has 158 valence electrons. The predicted octanol–water partition coefficient (Wildman–Crippen LogP) is 5.43. The Hall–Kier alpha value is -4.26. The lowest BCUT2D eigenvalue weighted by Crippen LogP contribution is -2.03. The monoisotopic (exact) mass is 423 g/mol. The van der Waals surface area contributed by atoms with Gasteiger partial charge < -0.3 is 9.72 Å². The van der Waals surface area contributed by atoms with Crippen molar-refractivity contribution in [3.05, 3.63) is 90.6 Å². The van der Waals surface area contributed by atoms with Crippen LogP contribution in [0.3, 0.4) is 0 Å². The first-order valence-electron chi connectivity index (χ1n) is 10.5. The van der Waals surface area contributed by atoms with E-state index in [9.17, 15) is 4.79 Å². The van der Waals surface area contributed by atoms with E-state index in [1.165, 1.54) is 12.8 Å². The molecular weight excluding hydrogens is 402 g/mol. The molecule has 32 heavy (non-hydrogen) atoms. The fraction of sp³-hybridized carbons (Fsp3) is 0.120. The fourth-order valence-electron chi connectivity index (χ4n) is 3.69. The maximum absolute atomic E-state index is 12.8. The third-order valence-corrected chi connectivity index (χ3v) is 5.54. The minimum Gasteiger partial charge on any atom is -0.438 e. The van der Waals surface area contributed by atoms with Crippen LogP contribution in [0.15, 0.2) is 79.3 Å². The molecule has 0 atom stereocenters. The van der Waals surface area contributed by atoms with E-state index >= 15 is 0 Å². The number of para-hydroxylation sites is 2. The molecule has 6 rings (SSSR count). The number of pyridine rings is 1. The van der Waals surface area contributed by atoms with E-state index in [2.05, 4.69) is 20.1 Å². The van der Waals surface area contributed by atoms with E-state index < -0.39 is 0 Å². The highest BCUT2D eigenvalue weighted by atomic mass is 16.5. The number of aromatic amines is 1. The summed E-state index contributed by atoms with van der Waals surface area (Å²) in [5.41, 5.74) is 3.98. The van der Waals surface area contributed by atoms with E-state index in [1.807, 2.05) is 53.5 Å². The number of ether oxygens (including phenoxy) is 1. The number of hydrogen-bond donors (Lipinski definition) is 1. The van der Waals surface area contributed by atoms with Gasteiger partial charge in [-0.25, -0.2) is 9.97 Å². The molecule has 0 radical (unpaired) electrons. The molecule has 5 aromatic rings. The molecule has 0 spiro atoms. The third kappa shape index (κ3) is 3.43. The minimum absolute atomic E-state index is 0. The van der Waals surface area contributed by atoms with Gasteiger partial charge in [-0.05, 0) is 61.4 Å². The molecule has 1 N–H and O–H groups in total. The summed E-state index contributed by atoms with van der Waals surface area (Å²) in [4.78, 5) is 24.7. The highest BCUT2D eigenvalue weighted by Gasteiger charge is 2.25. The second-order valence-electron chi connectivity index (χ2n) is 7.85. The van der Waals surface area contributed by atoms with Gasteiger partial charge in [-0.3, -0.25) is 9.48 Å². The van der Waals surface area contributed by atoms with Crippen LogP contribution in [0.2, 0.25) is 0 Å². The first-order chi connectivity index (χ1) is 15.7. The van der Waals surface area contributed by atoms with Crippen molar-refractivity contribution >= 4 is 16.8 Å². The number of imidazole rings is 1. The maximum Gasteiger partial charge on any atom is 0.228 e. The first kappa shape index (κ1) is 18.5. The molecule has 7 nitrogen and oxygen atoms in total. The minimum atomic E-state index is -0.168. The van der Waals surface area contributed by atoms with Gasteiger partial charge in [-0.15, -0.1) is 0 Å². The van der Waals surface area contributed by atoms with Gasteiger partial charge in [0.25, 0.3) is 0 Å². The number of nitrogens with one attached hydrogen (secondary N) is 1. The predicted molar refractivity (Wildman–Crippen MR) is 122 cm³/mol. The number of hydrogen-bond acceptors (Lipinski definition) is 5. The van der Waals surface area contributed by atoms with Gasteiger partial charge in [0.15, 0.2) is 5.82 Å². The Morgan fingerprint density at radius 1 is 1.06 bits per heavy atom. The van der Waals surface area contributed by atoms with Crippen molar-refractivity contribution in [3.8, 4) is 22.8 Å². The van der Waals surface area contributed by atoms with E-state index in [0.29, 0.717) is 29.1 Å². The summed E-state index contributed by atoms with van der Waals surface area (Å²) < 4.78 is 8.06. The van der Waals surface area contributed by atoms with Crippen molar-refractivity contribution in [2.24, 2.45) is 0 Å². The SMILES string of the molecule is O=C(c1ccc(Oc2ncccc2-c2cnn(C3CC3)c2)cc1)c1nc2ccccc2[nH]1.[HH]. The van der Waals surface area contributed by atoms with Crippen molar-refractivity contribution in [2.45, 2.75) is 18.9 Å². The second kappa shape index (κ2) is 7.46. The Labute approximate surface area is 185 Å². The van der Waals surface area contributed by atoms with E-state index in [0.717, 1.165) is 22.2 Å². The highest BCUT2D eigenvalue weighted by molar-refractivity contribution is 6.08. The third-order valence-electron chi connectivity index (χ3n) is 5.54. The van der Waals surface area contributed by atoms with Crippen LogP contribution in [0, 0.1) is 0 Å². The number of benzene rings is 2. The average molecular weight is 423 g/mol. The van der Waals surface area contributed by atoms with E-state index in [-0.39, 0.29) is 7.21 Å². The second-order valence-corrected chi connectivity index (χ2v) is 7.85. The zero-order chi connectivity index (χ0) is 21.5. The highest BCUT2D eigenvalue weighted by Crippen LogP contribution is 2.37. The number of carbonyl (C=O) groups excluding carboxylic acids is 1. The molecule has 1 saturated carbocycles. The topological polar surface area (TPSA) is 85.7 Å². The molecule has 3 aromatic heterocycles. The standard InChI is InChI=1S/C25H19N5O2.H2/c31-23(24-28-21-5-1-2-6-22(21)29-24)16-7-11-19(12-8-16)32-25-20(4-3-13-26-25)17-14-27-30(15-17)18-9-10-18;/h1-8,11-15,18H,9-10H2,(H,28,29);1H. The van der Waals surface area contributed by atoms with Gasteiger partial charge in [0.2, 0.25) is 11.7 Å². The van der Waals surface area contributed by atoms with Gasteiger partial charge in [0, 0.05) is 30.5 Å². The van der Waals surface area contributed by atoms with Crippen LogP contribution < -0.4 is 4.74 Å². The van der Waals surface area contributed by atoms with Crippen molar-refractivity contribution in [1.29, 1.82) is 0 Å². The lowest BCUT2D eigenvalue weighted by Gasteiger charge is -2.09. The quantitative estimate of drug-likeness (QED) is 0.368. The smallest absolute Gasteiger partial charge is 0.228 e. The Morgan fingerprint density at radius 3 is 2.72 bits per heavy atom. The summed E-state index contributed by atoms with van der Waals surface area (Å²) in [6.07, 6.45) is 7.94. The first-order valence-corrected chi connectivity index (χ1v) is 10.5. The average Bonchev–Trinajstić information content (AvgIpc) is 3.40. The van der Waals surface area contributed by atoms with E-state index in [4.69, 9.17) is 4.74 Å². The van der Waals surface area contributed by atoms with Crippen molar-refractivity contribution in [2.75, 3.05) is 0 Å². The van der Waals surface area contributed by atoms with Crippen LogP contribution in [0.1, 0.15) is 36.5 Å². The number of rotatable bonds is 6. The summed E-state index contributed by atoms with van der Waals surface area (Å²) in [6.45, 7) is 0. The van der Waals surface area contributed by atoms with Gasteiger partial charge in [0.1, 0.15) is 5.75 Å². The molecule has 2 aromatic carbocycles. The Bertz CT molecular complexity index is 1400. The Kier molecular flexibility index (Phi) is 4.31. The lowest BCUT2D eigenvalue weighted by molar-refractivity contribution is 0.103. The summed E-state index contributed by atoms with van der Waals surface area (Å²) >= 11 is 0. The molecule has 0 aliphatic heterocycles. The Morgan fingerprint density at radius 2 is 1.91 bits per heavy atom. The zero-order valence-corrected chi connectivity index (χ0v) is 17.1. The van der Waals surface area contributed by atoms with Crippen LogP contribution in [0.5, 0.6) is 11.6 Å². The summed E-state index contributed by atoms with van der Waals surface area (Å²) in [5.74, 6) is 1.25. The molecule has 0 amide bonds. The van der Waals surface area contributed by atoms with Gasteiger partial charge in [-0.2, -0.15) is 5.10 Å². The zero-order valence-electron chi connectivity index (χ0n) is 17.1. The Balaban J connectivity index is 0.00000228. The molecule has 0 saturated heterocycles. The molecule has 1 aliphatic carbocycles. The number of aromatic nitrogens is 5. The molecule has 3 heterocycles. The van der Waals surface area contributed by atoms with E-state index in [1.54, 1.807) is 30.5 Å². The largest absolute Gasteiger partial charge is 0.438 e. The van der Waals surface area contributed by atoms with Crippen LogP contribution in [-0.4, -0.2) is 30.5 Å². The molecule has 7 heteroatoms. The summed E-state index contributed by atoms with van der Waals surface area (Å²) in [6, 6.07) is 18.9. The van der Waals surface area contributed by atoms with Gasteiger partial charge >= 0.3 is 0 Å². The van der Waals surface area contributed by atoms with Gasteiger partial charge in [0.05, 0.1) is 23.3 Å².